The number of thioether (sulfide) groups is 1. The van der Waals surface area contributed by atoms with Crippen molar-refractivity contribution in [2.45, 2.75) is 114 Å². The molecule has 124 heavy (non-hydrogen) atoms. The molecule has 2 heterocycles. The van der Waals surface area contributed by atoms with Crippen molar-refractivity contribution in [1.82, 2.24) is 47.9 Å². The lowest BCUT2D eigenvalue weighted by Crippen LogP contribution is -2.53. The lowest BCUT2D eigenvalue weighted by atomic mass is 9.90. The highest BCUT2D eigenvalue weighted by Crippen LogP contribution is 2.27. The van der Waals surface area contributed by atoms with Crippen LogP contribution in [0.2, 0.25) is 0 Å². The third kappa shape index (κ3) is 54.5. The molecule has 40 nitrogen and oxygen atoms in total. The molecule has 11 amide bonds. The Morgan fingerprint density at radius 3 is 1.54 bits per heavy atom. The van der Waals surface area contributed by atoms with Gasteiger partial charge in [0, 0.05) is 101 Å². The maximum absolute atomic E-state index is 14.9. The zero-order valence-electron chi connectivity index (χ0n) is 69.7. The van der Waals surface area contributed by atoms with E-state index in [1.807, 2.05) is 30.3 Å². The lowest BCUT2D eigenvalue weighted by Gasteiger charge is -2.26. The Kier molecular flexibility index (Phi) is 60.7. The fourth-order valence-corrected chi connectivity index (χ4v) is 14.9. The number of ketones is 5. The molecule has 2 aromatic rings. The quantitative estimate of drug-likeness (QED) is 0.0166. The topological polar surface area (TPSA) is 568 Å². The molecule has 44 heteroatoms. The average Bonchev–Trinajstić information content (AvgIpc) is 1.05. The van der Waals surface area contributed by atoms with Gasteiger partial charge in [-0.25, -0.2) is 4.79 Å². The second-order valence-electron chi connectivity index (χ2n) is 28.0. The number of aliphatic carboxylic acids is 1. The molecule has 694 valence electrons. The molecular weight excluding hydrogens is 1690 g/mol. The Morgan fingerprint density at radius 1 is 0.476 bits per heavy atom. The number of urea groups is 1. The van der Waals surface area contributed by atoms with E-state index in [2.05, 4.69) is 53.0 Å². The van der Waals surface area contributed by atoms with Gasteiger partial charge in [-0.3, -0.25) is 76.6 Å². The molecule has 2 fully saturated rings. The molecule has 2 aliphatic rings. The first-order chi connectivity index (χ1) is 59.4. The molecule has 0 saturated carbocycles. The molecule has 0 radical (unpaired) electrons. The van der Waals surface area contributed by atoms with Crippen LogP contribution in [0.15, 0.2) is 65.8 Å². The predicted molar refractivity (Wildman–Crippen MR) is 453 cm³/mol. The van der Waals surface area contributed by atoms with Crippen LogP contribution in [0, 0.1) is 17.8 Å². The largest absolute Gasteiger partial charge is 0.481 e. The summed E-state index contributed by atoms with van der Waals surface area (Å²) in [5.74, 6) is -15.6. The van der Waals surface area contributed by atoms with Crippen molar-refractivity contribution in [3.05, 3.63) is 71.8 Å². The van der Waals surface area contributed by atoms with E-state index in [1.54, 1.807) is 30.3 Å². The van der Waals surface area contributed by atoms with Crippen molar-refractivity contribution in [2.24, 2.45) is 34.4 Å². The zero-order valence-corrected chi connectivity index (χ0v) is 72.2. The summed E-state index contributed by atoms with van der Waals surface area (Å²) in [6.07, 6.45) is -0.176. The second kappa shape index (κ2) is 69.1. The van der Waals surface area contributed by atoms with Crippen LogP contribution in [0.1, 0.15) is 94.6 Å². The van der Waals surface area contributed by atoms with E-state index >= 15 is 0 Å². The SMILES string of the molecule is NC(=O)COCC(=O)CCCOCCOCCOCCCC(=O)[C@@H]1CSCC(=O)N[C@@H](CCCCNC(=O)COCC(=O)NCCOCCOCCOCCOCCOCCNC(=O)CO/N=C/c2ccccc2)C(=O)N[C@H]2CSSC[C@H](NC(=O)[C@H](CC(=O)O)CC(=O)CNC(=O)[C@H](CCCNC(N)=O)CC2=O)C(=O)C[C@@H](Cc2ccccc2)C(=O)N1.[18FH]. The molecule has 2 bridgehead atoms. The molecule has 0 spiro atoms. The molecule has 14 N–H and O–H groups in total. The minimum absolute atomic E-state index is 0. The number of hydrogen-bond acceptors (Lipinski definition) is 31. The van der Waals surface area contributed by atoms with Gasteiger partial charge in [-0.15, -0.1) is 11.8 Å². The molecule has 0 aromatic heterocycles. The number of oxime groups is 1. The number of carbonyl (C=O) groups excluding carboxylic acids is 15. The lowest BCUT2D eigenvalue weighted by molar-refractivity contribution is -0.142. The first-order valence-electron chi connectivity index (χ1n) is 40.7. The van der Waals surface area contributed by atoms with Crippen LogP contribution in [0.4, 0.5) is 9.50 Å². The smallest absolute Gasteiger partial charge is 0.312 e. The summed E-state index contributed by atoms with van der Waals surface area (Å²) < 4.78 is 54.5. The van der Waals surface area contributed by atoms with E-state index in [0.29, 0.717) is 64.8 Å². The maximum Gasteiger partial charge on any atom is 0.312 e. The Labute approximate surface area is 731 Å². The minimum atomic E-state index is -1.56. The number of benzene rings is 2. The molecule has 2 saturated heterocycles. The van der Waals surface area contributed by atoms with Crippen LogP contribution in [-0.2, 0) is 131 Å². The summed E-state index contributed by atoms with van der Waals surface area (Å²) in [4.78, 5) is 218. The van der Waals surface area contributed by atoms with Crippen LogP contribution < -0.4 is 59.3 Å². The Hall–Kier alpha value is -9.19. The molecule has 0 aliphatic carbocycles. The molecular formula is C80H121FN12O28S3. The number of carboxylic acid groups (broad SMARTS) is 1. The van der Waals surface area contributed by atoms with E-state index in [-0.39, 0.29) is 196 Å². The number of primary amides is 2. The first-order valence-corrected chi connectivity index (χ1v) is 44.4. The summed E-state index contributed by atoms with van der Waals surface area (Å²) in [5, 5.41) is 37.5. The van der Waals surface area contributed by atoms with Gasteiger partial charge in [0.1, 0.15) is 32.5 Å². The molecule has 7 atom stereocenters. The fourth-order valence-electron chi connectivity index (χ4n) is 11.6. The van der Waals surface area contributed by atoms with Gasteiger partial charge >= 0.3 is 12.0 Å². The summed E-state index contributed by atoms with van der Waals surface area (Å²) in [6, 6.07) is 11.6. The van der Waals surface area contributed by atoms with E-state index in [0.717, 1.165) is 38.9 Å². The van der Waals surface area contributed by atoms with Crippen molar-refractivity contribution in [3.63, 3.8) is 0 Å². The number of rotatable bonds is 58. The van der Waals surface area contributed by atoms with Gasteiger partial charge < -0.3 is 117 Å². The summed E-state index contributed by atoms with van der Waals surface area (Å²) >= 11 is 0.939. The monoisotopic (exact) mass is 1810 g/mol. The highest BCUT2D eigenvalue weighted by molar-refractivity contribution is 8.76. The second-order valence-corrected chi connectivity index (χ2v) is 31.6. The number of carbonyl (C=O) groups is 16. The number of nitrogens with two attached hydrogens (primary N) is 2. The van der Waals surface area contributed by atoms with E-state index in [9.17, 15) is 81.8 Å². The Bertz CT molecular complexity index is 3590. The number of carboxylic acids is 1. The number of Topliss-reactive ketones (excluding diaryl/α,β-unsaturated/α-hetero) is 5. The van der Waals surface area contributed by atoms with Gasteiger partial charge in [0.2, 0.25) is 47.3 Å². The number of fused-ring (bicyclic) bond motifs is 5. The fraction of sp³-hybridized carbons (Fsp3) is 0.637. The van der Waals surface area contributed by atoms with Crippen molar-refractivity contribution in [2.75, 3.05) is 194 Å². The number of hydrogen-bond donors (Lipinski definition) is 12. The third-order valence-electron chi connectivity index (χ3n) is 17.9. The number of ether oxygens (including phenoxy) is 10. The highest BCUT2D eigenvalue weighted by Gasteiger charge is 2.36. The number of nitrogens with one attached hydrogen (secondary N) is 9. The maximum atomic E-state index is 14.9. The Morgan fingerprint density at radius 2 is 0.976 bits per heavy atom. The zero-order chi connectivity index (χ0) is 89.3. The van der Waals surface area contributed by atoms with Crippen molar-refractivity contribution in [3.8, 4) is 0 Å². The van der Waals surface area contributed by atoms with E-state index in [4.69, 9.17) is 63.7 Å². The van der Waals surface area contributed by atoms with Crippen LogP contribution in [0.25, 0.3) is 0 Å². The van der Waals surface area contributed by atoms with Gasteiger partial charge in [0.25, 0.3) is 5.91 Å². The molecule has 0 unspecified atom stereocenters. The van der Waals surface area contributed by atoms with Crippen molar-refractivity contribution < 1.29 is 139 Å². The van der Waals surface area contributed by atoms with Gasteiger partial charge in [-0.05, 0) is 62.5 Å². The summed E-state index contributed by atoms with van der Waals surface area (Å²) in [5.41, 5.74) is 11.8. The van der Waals surface area contributed by atoms with Gasteiger partial charge in [-0.1, -0.05) is 87.4 Å². The average molecular weight is 1810 g/mol. The van der Waals surface area contributed by atoms with Crippen LogP contribution in [0.3, 0.4) is 0 Å². The van der Waals surface area contributed by atoms with Crippen LogP contribution in [-0.4, -0.2) is 324 Å². The summed E-state index contributed by atoms with van der Waals surface area (Å²) in [7, 11) is 1.94. The number of nitrogens with zero attached hydrogens (tertiary/aromatic N) is 1. The third-order valence-corrected chi connectivity index (χ3v) is 21.3. The van der Waals surface area contributed by atoms with Crippen molar-refractivity contribution >= 4 is 134 Å². The molecule has 2 aliphatic heterocycles. The minimum Gasteiger partial charge on any atom is -0.481 e. The highest BCUT2D eigenvalue weighted by atomic mass is 33.1. The van der Waals surface area contributed by atoms with Crippen LogP contribution in [0.5, 0.6) is 0 Å². The number of unbranched alkanes of at least 4 members (excludes halogenated alkanes) is 1. The van der Waals surface area contributed by atoms with Gasteiger partial charge in [0.15, 0.2) is 35.5 Å². The molecule has 2 aromatic carbocycles. The van der Waals surface area contributed by atoms with Crippen molar-refractivity contribution in [1.29, 1.82) is 0 Å². The predicted octanol–water partition coefficient (Wildman–Crippen LogP) is -0.852. The van der Waals surface area contributed by atoms with Crippen LogP contribution >= 0.6 is 33.3 Å². The number of amides is 11. The Balaban J connectivity index is 0.0000397. The summed E-state index contributed by atoms with van der Waals surface area (Å²) in [6.45, 7) is 2.16. The van der Waals surface area contributed by atoms with Gasteiger partial charge in [0.05, 0.1) is 141 Å². The standard InChI is InChI=1S/C80H120N12O28S3.FH/c81-70(98)48-118-47-61(93)17-10-24-110-28-32-114-33-29-111-25-11-19-67(95)64-52-121-55-74(102)89-63(18-7-8-20-83-71(99)49-119-50-72(100)84-22-26-112-30-34-115-36-38-117-39-37-116-35-31-113-27-23-85-73(101)51-120-88-45-57-14-5-2-6-15-57)79(108)92-66-54-123-122-53-65(69(97)43-59(77(106)90-64)40-56-12-3-1-4-13-56)91-78(107)60(44-75(103)104)41-62(94)46-87-76(105)58(42-68(66)96)16-9-21-86-80(82)109;/h1-6,12-15,45,58-60,63-66H,7-11,16-44,46-55H2,(H2,81,98)(H,83,99)(H,84,100)(H,85,101)(H,87,105)(H,89,102)(H,90,106)(H,91,107)(H,92,108)(H,103,104)(H3,82,86,109);1H/b88-45+;/t58-,59-,60+,63+,64+,65+,66+;/m1./s1/i;1-1. The normalized spacial score (nSPS) is 18.6. The number of halogens is 1. The first kappa shape index (κ1) is 109. The van der Waals surface area contributed by atoms with Gasteiger partial charge in [-0.2, -0.15) is 0 Å². The molecule has 4 rings (SSSR count). The van der Waals surface area contributed by atoms with E-state index in [1.165, 1.54) is 6.21 Å². The van der Waals surface area contributed by atoms with E-state index < -0.39 is 170 Å².